The van der Waals surface area contributed by atoms with Gasteiger partial charge in [-0.05, 0) is 37.5 Å². The predicted molar refractivity (Wildman–Crippen MR) is 73.3 cm³/mol. The second-order valence-corrected chi connectivity index (χ2v) is 6.63. The smallest absolute Gasteiger partial charge is 0.0821 e. The molecule has 0 radical (unpaired) electrons. The van der Waals surface area contributed by atoms with Crippen LogP contribution >= 0.6 is 0 Å². The highest BCUT2D eigenvalue weighted by atomic mass is 16.5. The summed E-state index contributed by atoms with van der Waals surface area (Å²) in [4.78, 5) is 0. The minimum absolute atomic E-state index is 0.0548. The van der Waals surface area contributed by atoms with E-state index < -0.39 is 5.60 Å². The maximum absolute atomic E-state index is 10.9. The Morgan fingerprint density at radius 3 is 2.56 bits per heavy atom. The van der Waals surface area contributed by atoms with E-state index in [1.165, 1.54) is 32.1 Å². The molecule has 0 aromatic carbocycles. The van der Waals surface area contributed by atoms with Crippen LogP contribution in [0.2, 0.25) is 0 Å². The Kier molecular flexibility index (Phi) is 4.35. The van der Waals surface area contributed by atoms with Crippen molar-refractivity contribution in [3.8, 4) is 0 Å². The summed E-state index contributed by atoms with van der Waals surface area (Å²) >= 11 is 0. The van der Waals surface area contributed by atoms with Crippen molar-refractivity contribution in [1.82, 2.24) is 0 Å². The Morgan fingerprint density at radius 1 is 1.33 bits per heavy atom. The molecule has 2 atom stereocenters. The molecule has 106 valence electrons. The molecule has 2 unspecified atom stereocenters. The van der Waals surface area contributed by atoms with Gasteiger partial charge in [-0.15, -0.1) is 0 Å². The molecule has 1 saturated heterocycles. The van der Waals surface area contributed by atoms with Gasteiger partial charge in [0.15, 0.2) is 0 Å². The van der Waals surface area contributed by atoms with Crippen molar-refractivity contribution in [2.45, 2.75) is 70.0 Å². The van der Waals surface area contributed by atoms with Gasteiger partial charge < -0.3 is 15.6 Å². The molecule has 2 fully saturated rings. The monoisotopic (exact) mass is 255 g/mol. The van der Waals surface area contributed by atoms with Crippen LogP contribution in [0.1, 0.15) is 58.8 Å². The average Bonchev–Trinajstić information content (AvgIpc) is 2.38. The molecule has 1 aliphatic heterocycles. The lowest BCUT2D eigenvalue weighted by atomic mass is 9.67. The van der Waals surface area contributed by atoms with Gasteiger partial charge in [0.25, 0.3) is 0 Å². The number of rotatable bonds is 3. The van der Waals surface area contributed by atoms with Crippen molar-refractivity contribution in [2.75, 3.05) is 13.2 Å². The Balaban J connectivity index is 2.10. The molecule has 3 nitrogen and oxygen atoms in total. The van der Waals surface area contributed by atoms with Crippen LogP contribution in [0, 0.1) is 11.8 Å². The van der Waals surface area contributed by atoms with Crippen LogP contribution in [0.15, 0.2) is 0 Å². The maximum atomic E-state index is 10.9. The third-order valence-electron chi connectivity index (χ3n) is 5.29. The zero-order chi connectivity index (χ0) is 13.2. The first-order valence-corrected chi connectivity index (χ1v) is 7.59. The van der Waals surface area contributed by atoms with Gasteiger partial charge in [-0.25, -0.2) is 0 Å². The molecule has 0 aromatic rings. The third kappa shape index (κ3) is 2.59. The van der Waals surface area contributed by atoms with E-state index in [1.807, 2.05) is 0 Å². The lowest BCUT2D eigenvalue weighted by molar-refractivity contribution is -0.164. The lowest BCUT2D eigenvalue weighted by Crippen LogP contribution is -2.55. The Bertz CT molecular complexity index is 268. The van der Waals surface area contributed by atoms with Crippen molar-refractivity contribution < 1.29 is 9.84 Å². The molecule has 0 aromatic heterocycles. The predicted octanol–water partition coefficient (Wildman–Crippen LogP) is 2.46. The lowest BCUT2D eigenvalue weighted by Gasteiger charge is -2.49. The van der Waals surface area contributed by atoms with Crippen molar-refractivity contribution in [3.05, 3.63) is 0 Å². The number of hydrogen-bond acceptors (Lipinski definition) is 3. The van der Waals surface area contributed by atoms with Crippen molar-refractivity contribution in [1.29, 1.82) is 0 Å². The topological polar surface area (TPSA) is 55.5 Å². The van der Waals surface area contributed by atoms with Gasteiger partial charge in [-0.3, -0.25) is 0 Å². The molecule has 3 heteroatoms. The van der Waals surface area contributed by atoms with Crippen LogP contribution in [0.25, 0.3) is 0 Å². The summed E-state index contributed by atoms with van der Waals surface area (Å²) < 4.78 is 6.10. The summed E-state index contributed by atoms with van der Waals surface area (Å²) in [6.45, 7) is 5.32. The Labute approximate surface area is 111 Å². The normalized spacial score (nSPS) is 31.5. The van der Waals surface area contributed by atoms with E-state index in [-0.39, 0.29) is 11.5 Å². The molecule has 1 aliphatic carbocycles. The van der Waals surface area contributed by atoms with Crippen LogP contribution in [0.4, 0.5) is 0 Å². The summed E-state index contributed by atoms with van der Waals surface area (Å²) in [5, 5.41) is 10.9. The molecular formula is C15H29NO2. The van der Waals surface area contributed by atoms with Crippen LogP contribution in [-0.4, -0.2) is 29.5 Å². The standard InChI is InChI=1S/C15H29NO2/c1-12(2)15(17,11-16)13-6-9-18-14(10-13)7-4-3-5-8-14/h12-13,17H,3-11,16H2,1-2H3. The number of hydrogen-bond donors (Lipinski definition) is 2. The van der Waals surface area contributed by atoms with Crippen molar-refractivity contribution >= 4 is 0 Å². The summed E-state index contributed by atoms with van der Waals surface area (Å²) in [5.74, 6) is 0.514. The minimum atomic E-state index is -0.714. The highest BCUT2D eigenvalue weighted by Gasteiger charge is 2.46. The highest BCUT2D eigenvalue weighted by Crippen LogP contribution is 2.45. The van der Waals surface area contributed by atoms with Crippen LogP contribution in [0.3, 0.4) is 0 Å². The second-order valence-electron chi connectivity index (χ2n) is 6.63. The van der Waals surface area contributed by atoms with Crippen LogP contribution in [-0.2, 0) is 4.74 Å². The maximum Gasteiger partial charge on any atom is 0.0821 e. The molecule has 1 heterocycles. The van der Waals surface area contributed by atoms with E-state index in [2.05, 4.69) is 13.8 Å². The van der Waals surface area contributed by atoms with Gasteiger partial charge in [0, 0.05) is 13.2 Å². The van der Waals surface area contributed by atoms with Crippen LogP contribution in [0.5, 0.6) is 0 Å². The minimum Gasteiger partial charge on any atom is -0.388 e. The molecule has 18 heavy (non-hydrogen) atoms. The van der Waals surface area contributed by atoms with Gasteiger partial charge >= 0.3 is 0 Å². The molecule has 1 spiro atoms. The van der Waals surface area contributed by atoms with Gasteiger partial charge in [0.1, 0.15) is 0 Å². The summed E-state index contributed by atoms with van der Waals surface area (Å²) in [6, 6.07) is 0. The van der Waals surface area contributed by atoms with E-state index in [1.54, 1.807) is 0 Å². The summed E-state index contributed by atoms with van der Waals surface area (Å²) in [5.41, 5.74) is 5.21. The first-order valence-electron chi connectivity index (χ1n) is 7.59. The molecule has 3 N–H and O–H groups in total. The Hall–Kier alpha value is -0.120. The fraction of sp³-hybridized carbons (Fsp3) is 1.00. The van der Waals surface area contributed by atoms with Crippen molar-refractivity contribution in [3.63, 3.8) is 0 Å². The van der Waals surface area contributed by atoms with Gasteiger partial charge in [0.2, 0.25) is 0 Å². The van der Waals surface area contributed by atoms with Gasteiger partial charge in [0.05, 0.1) is 11.2 Å². The molecule has 0 amide bonds. The average molecular weight is 255 g/mol. The zero-order valence-electron chi connectivity index (χ0n) is 12.0. The summed E-state index contributed by atoms with van der Waals surface area (Å²) in [7, 11) is 0. The fourth-order valence-electron chi connectivity index (χ4n) is 3.87. The Morgan fingerprint density at radius 2 is 2.00 bits per heavy atom. The molecular weight excluding hydrogens is 226 g/mol. The largest absolute Gasteiger partial charge is 0.388 e. The van der Waals surface area contributed by atoms with E-state index in [4.69, 9.17) is 10.5 Å². The first kappa shape index (κ1) is 14.3. The van der Waals surface area contributed by atoms with E-state index in [0.29, 0.717) is 12.5 Å². The SMILES string of the molecule is CC(C)C(O)(CN)C1CCOC2(CCCCC2)C1. The molecule has 2 rings (SSSR count). The number of nitrogens with two attached hydrogens (primary N) is 1. The first-order chi connectivity index (χ1) is 8.52. The second kappa shape index (κ2) is 5.48. The van der Waals surface area contributed by atoms with Gasteiger partial charge in [-0.2, -0.15) is 0 Å². The zero-order valence-corrected chi connectivity index (χ0v) is 12.0. The van der Waals surface area contributed by atoms with Crippen LogP contribution < -0.4 is 5.73 Å². The quantitative estimate of drug-likeness (QED) is 0.814. The summed E-state index contributed by atoms with van der Waals surface area (Å²) in [6.07, 6.45) is 8.17. The van der Waals surface area contributed by atoms with E-state index >= 15 is 0 Å². The van der Waals surface area contributed by atoms with E-state index in [0.717, 1.165) is 19.4 Å². The van der Waals surface area contributed by atoms with E-state index in [9.17, 15) is 5.11 Å². The fourth-order valence-corrected chi connectivity index (χ4v) is 3.87. The number of ether oxygens (including phenoxy) is 1. The number of aliphatic hydroxyl groups is 1. The molecule has 0 bridgehead atoms. The van der Waals surface area contributed by atoms with Gasteiger partial charge in [-0.1, -0.05) is 33.1 Å². The third-order valence-corrected chi connectivity index (χ3v) is 5.29. The van der Waals surface area contributed by atoms with Crippen molar-refractivity contribution in [2.24, 2.45) is 17.6 Å². The molecule has 2 aliphatic rings. The molecule has 1 saturated carbocycles. The highest BCUT2D eigenvalue weighted by molar-refractivity contribution is 4.98.